The molecule has 1 aromatic heterocycles. The Morgan fingerprint density at radius 3 is 2.83 bits per heavy atom. The predicted octanol–water partition coefficient (Wildman–Crippen LogP) is 3.13. The Morgan fingerprint density at radius 2 is 2.07 bits per heavy atom. The molecule has 156 valence electrons. The monoisotopic (exact) mass is 402 g/mol. The van der Waals surface area contributed by atoms with Crippen molar-refractivity contribution in [3.8, 4) is 11.5 Å². The fourth-order valence-electron chi connectivity index (χ4n) is 3.33. The highest BCUT2D eigenvalue weighted by atomic mass is 16.5. The molecule has 0 aliphatic carbocycles. The van der Waals surface area contributed by atoms with E-state index in [9.17, 15) is 9.59 Å². The molecule has 1 aliphatic rings. The third kappa shape index (κ3) is 4.88. The molecule has 1 saturated heterocycles. The number of aryl methyl sites for hydroxylation is 1. The Hall–Kier alpha value is -3.03. The van der Waals surface area contributed by atoms with Crippen molar-refractivity contribution in [1.29, 1.82) is 0 Å². The summed E-state index contributed by atoms with van der Waals surface area (Å²) in [5.41, 5.74) is 1.20. The van der Waals surface area contributed by atoms with E-state index in [1.165, 1.54) is 4.90 Å². The van der Waals surface area contributed by atoms with E-state index in [4.69, 9.17) is 18.7 Å². The first-order valence-electron chi connectivity index (χ1n) is 9.74. The molecule has 0 saturated carbocycles. The number of esters is 1. The minimum atomic E-state index is -0.579. The maximum absolute atomic E-state index is 12.9. The normalized spacial score (nSPS) is 16.4. The van der Waals surface area contributed by atoms with Gasteiger partial charge in [-0.15, -0.1) is 0 Å². The van der Waals surface area contributed by atoms with Crippen LogP contribution >= 0.6 is 0 Å². The van der Waals surface area contributed by atoms with Crippen LogP contribution in [0.2, 0.25) is 0 Å². The highest BCUT2D eigenvalue weighted by Crippen LogP contribution is 2.28. The van der Waals surface area contributed by atoms with Gasteiger partial charge in [0.2, 0.25) is 0 Å². The lowest BCUT2D eigenvalue weighted by atomic mass is 10.0. The number of methoxy groups -OCH3 is 1. The second kappa shape index (κ2) is 9.45. The van der Waals surface area contributed by atoms with Crippen molar-refractivity contribution in [2.24, 2.45) is 0 Å². The lowest BCUT2D eigenvalue weighted by Crippen LogP contribution is -2.48. The number of ether oxygens (including phenoxy) is 3. The van der Waals surface area contributed by atoms with E-state index in [0.29, 0.717) is 30.2 Å². The first-order chi connectivity index (χ1) is 14.0. The van der Waals surface area contributed by atoms with Gasteiger partial charge in [0.15, 0.2) is 23.0 Å². The maximum Gasteiger partial charge on any atom is 0.328 e. The zero-order valence-corrected chi connectivity index (χ0v) is 17.0. The number of aromatic nitrogens is 1. The van der Waals surface area contributed by atoms with Crippen LogP contribution in [-0.2, 0) is 16.1 Å². The van der Waals surface area contributed by atoms with E-state index in [0.717, 1.165) is 18.4 Å². The minimum Gasteiger partial charge on any atom is -0.493 e. The zero-order chi connectivity index (χ0) is 20.8. The fourth-order valence-corrected chi connectivity index (χ4v) is 3.33. The summed E-state index contributed by atoms with van der Waals surface area (Å²) in [5.74, 6) is 0.873. The molecule has 1 aromatic carbocycles. The molecule has 1 aliphatic heterocycles. The molecular formula is C21H26N2O6. The lowest BCUT2D eigenvalue weighted by Gasteiger charge is -2.33. The van der Waals surface area contributed by atoms with Gasteiger partial charge in [0.05, 0.1) is 13.7 Å². The fraction of sp³-hybridized carbons (Fsp3) is 0.476. The molecule has 1 atom stereocenters. The summed E-state index contributed by atoms with van der Waals surface area (Å²) in [5, 5.41) is 3.87. The average molecular weight is 402 g/mol. The summed E-state index contributed by atoms with van der Waals surface area (Å²) < 4.78 is 21.4. The van der Waals surface area contributed by atoms with Crippen molar-refractivity contribution in [3.05, 3.63) is 41.3 Å². The number of carbonyl (C=O) groups excluding carboxylic acids is 2. The van der Waals surface area contributed by atoms with Crippen LogP contribution in [0.25, 0.3) is 0 Å². The Labute approximate surface area is 169 Å². The number of nitrogens with zero attached hydrogens (tertiary/aromatic N) is 2. The van der Waals surface area contributed by atoms with E-state index >= 15 is 0 Å². The van der Waals surface area contributed by atoms with Gasteiger partial charge < -0.3 is 23.6 Å². The second-order valence-corrected chi connectivity index (χ2v) is 6.88. The summed E-state index contributed by atoms with van der Waals surface area (Å²) in [6.07, 6.45) is 2.30. The van der Waals surface area contributed by atoms with Gasteiger partial charge >= 0.3 is 5.97 Å². The van der Waals surface area contributed by atoms with Crippen LogP contribution in [0.3, 0.4) is 0 Å². The van der Waals surface area contributed by atoms with Crippen molar-refractivity contribution in [2.75, 3.05) is 20.3 Å². The van der Waals surface area contributed by atoms with Gasteiger partial charge in [0.25, 0.3) is 5.91 Å². The van der Waals surface area contributed by atoms with Crippen LogP contribution in [0.15, 0.2) is 28.8 Å². The maximum atomic E-state index is 12.9. The first kappa shape index (κ1) is 20.7. The first-order valence-corrected chi connectivity index (χ1v) is 9.74. The van der Waals surface area contributed by atoms with Gasteiger partial charge in [0.1, 0.15) is 12.6 Å². The van der Waals surface area contributed by atoms with E-state index in [-0.39, 0.29) is 30.8 Å². The number of rotatable bonds is 7. The molecule has 29 heavy (non-hydrogen) atoms. The van der Waals surface area contributed by atoms with Gasteiger partial charge in [-0.2, -0.15) is 0 Å². The molecular weight excluding hydrogens is 376 g/mol. The number of piperidine rings is 1. The molecule has 0 spiro atoms. The Kier molecular flexibility index (Phi) is 6.74. The summed E-state index contributed by atoms with van der Waals surface area (Å²) in [6.45, 7) is 4.58. The van der Waals surface area contributed by atoms with E-state index in [1.807, 2.05) is 25.1 Å². The van der Waals surface area contributed by atoms with Crippen molar-refractivity contribution in [1.82, 2.24) is 10.1 Å². The van der Waals surface area contributed by atoms with Gasteiger partial charge in [-0.1, -0.05) is 11.2 Å². The third-order valence-electron chi connectivity index (χ3n) is 4.79. The molecule has 2 heterocycles. The molecule has 2 aromatic rings. The van der Waals surface area contributed by atoms with Crippen molar-refractivity contribution >= 4 is 11.9 Å². The molecule has 1 fully saturated rings. The number of amides is 1. The largest absolute Gasteiger partial charge is 0.493 e. The molecule has 0 N–H and O–H groups in total. The quantitative estimate of drug-likeness (QED) is 0.657. The van der Waals surface area contributed by atoms with Crippen LogP contribution in [-0.4, -0.2) is 48.2 Å². The van der Waals surface area contributed by atoms with Crippen LogP contribution in [0.1, 0.15) is 48.0 Å². The summed E-state index contributed by atoms with van der Waals surface area (Å²) in [7, 11) is 1.57. The smallest absolute Gasteiger partial charge is 0.328 e. The number of likely N-dealkylation sites (tertiary alicyclic amines) is 1. The molecule has 0 bridgehead atoms. The number of benzene rings is 1. The van der Waals surface area contributed by atoms with Gasteiger partial charge in [0, 0.05) is 12.6 Å². The summed E-state index contributed by atoms with van der Waals surface area (Å²) in [4.78, 5) is 26.6. The van der Waals surface area contributed by atoms with Crippen LogP contribution in [0.5, 0.6) is 11.5 Å². The SMILES string of the molecule is CCOC(=O)[C@H]1CCCCN1C(=O)c1cc(COc2ccc(C)cc2OC)on1. The van der Waals surface area contributed by atoms with Crippen molar-refractivity contribution in [3.63, 3.8) is 0 Å². The van der Waals surface area contributed by atoms with Gasteiger partial charge in [-0.05, 0) is 50.8 Å². The zero-order valence-electron chi connectivity index (χ0n) is 17.0. The standard InChI is InChI=1S/C21H26N2O6/c1-4-27-21(25)17-7-5-6-10-23(17)20(24)16-12-15(29-22-16)13-28-18-9-8-14(2)11-19(18)26-3/h8-9,11-12,17H,4-7,10,13H2,1-3H3/t17-/m1/s1. The Morgan fingerprint density at radius 1 is 1.24 bits per heavy atom. The molecule has 1 amide bonds. The second-order valence-electron chi connectivity index (χ2n) is 6.88. The van der Waals surface area contributed by atoms with Crippen LogP contribution in [0.4, 0.5) is 0 Å². The highest BCUT2D eigenvalue weighted by molar-refractivity contribution is 5.95. The minimum absolute atomic E-state index is 0.0982. The average Bonchev–Trinajstić information content (AvgIpc) is 3.21. The highest BCUT2D eigenvalue weighted by Gasteiger charge is 2.34. The molecule has 3 rings (SSSR count). The Bertz CT molecular complexity index is 863. The van der Waals surface area contributed by atoms with Crippen molar-refractivity contribution < 1.29 is 28.3 Å². The molecule has 8 heteroatoms. The van der Waals surface area contributed by atoms with Crippen molar-refractivity contribution in [2.45, 2.75) is 45.8 Å². The molecule has 0 unspecified atom stereocenters. The molecule has 8 nitrogen and oxygen atoms in total. The number of carbonyl (C=O) groups is 2. The summed E-state index contributed by atoms with van der Waals surface area (Å²) >= 11 is 0. The predicted molar refractivity (Wildman–Crippen MR) is 104 cm³/mol. The van der Waals surface area contributed by atoms with Crippen LogP contribution in [0, 0.1) is 6.92 Å². The third-order valence-corrected chi connectivity index (χ3v) is 4.79. The van der Waals surface area contributed by atoms with E-state index in [2.05, 4.69) is 5.16 Å². The van der Waals surface area contributed by atoms with E-state index < -0.39 is 6.04 Å². The lowest BCUT2D eigenvalue weighted by molar-refractivity contribution is -0.149. The number of hydrogen-bond acceptors (Lipinski definition) is 7. The van der Waals surface area contributed by atoms with E-state index in [1.54, 1.807) is 20.1 Å². The topological polar surface area (TPSA) is 91.1 Å². The summed E-state index contributed by atoms with van der Waals surface area (Å²) in [6, 6.07) is 6.56. The Balaban J connectivity index is 1.67. The van der Waals surface area contributed by atoms with Gasteiger partial charge in [-0.25, -0.2) is 4.79 Å². The number of hydrogen-bond donors (Lipinski definition) is 0. The van der Waals surface area contributed by atoms with Crippen LogP contribution < -0.4 is 9.47 Å². The van der Waals surface area contributed by atoms with Gasteiger partial charge in [-0.3, -0.25) is 4.79 Å². The molecule has 0 radical (unpaired) electrons.